The van der Waals surface area contributed by atoms with Crippen LogP contribution in [0.1, 0.15) is 26.2 Å². The van der Waals surface area contributed by atoms with Gasteiger partial charge in [-0.3, -0.25) is 19.2 Å². The Balaban J connectivity index is 2.48. The molecule has 3 unspecified atom stereocenters. The van der Waals surface area contributed by atoms with Gasteiger partial charge in [-0.1, -0.05) is 0 Å². The number of amides is 2. The predicted octanol–water partition coefficient (Wildman–Crippen LogP) is -1.63. The standard InChI is InChI=1S/C12H19N3O6/c1-6-4-8(11(19)15(6)5-10(17)18)14-9(16)3-2-7(13)12(20)21/h6-8H,2-5,13H2,1H3,(H,14,16)(H,17,18)(H,20,21). The second-order valence-corrected chi connectivity index (χ2v) is 5.05. The van der Waals surface area contributed by atoms with Crippen LogP contribution in [0.2, 0.25) is 0 Å². The van der Waals surface area contributed by atoms with E-state index in [0.717, 1.165) is 0 Å². The fraction of sp³-hybridized carbons (Fsp3) is 0.667. The van der Waals surface area contributed by atoms with Crippen LogP contribution < -0.4 is 11.1 Å². The second-order valence-electron chi connectivity index (χ2n) is 5.05. The molecular weight excluding hydrogens is 282 g/mol. The minimum absolute atomic E-state index is 0.0313. The van der Waals surface area contributed by atoms with Gasteiger partial charge < -0.3 is 26.2 Å². The van der Waals surface area contributed by atoms with Crippen LogP contribution in [0.5, 0.6) is 0 Å². The Morgan fingerprint density at radius 3 is 2.57 bits per heavy atom. The highest BCUT2D eigenvalue weighted by Crippen LogP contribution is 2.18. The third-order valence-corrected chi connectivity index (χ3v) is 3.33. The molecule has 0 radical (unpaired) electrons. The number of carboxylic acid groups (broad SMARTS) is 2. The quantitative estimate of drug-likeness (QED) is 0.440. The number of nitrogens with two attached hydrogens (primary N) is 1. The molecule has 3 atom stereocenters. The van der Waals surface area contributed by atoms with E-state index >= 15 is 0 Å². The first-order chi connectivity index (χ1) is 9.72. The summed E-state index contributed by atoms with van der Waals surface area (Å²) in [5.41, 5.74) is 5.28. The molecule has 5 N–H and O–H groups in total. The molecule has 1 saturated heterocycles. The normalized spacial score (nSPS) is 23.0. The average molecular weight is 301 g/mol. The summed E-state index contributed by atoms with van der Waals surface area (Å²) in [6, 6.07) is -2.18. The predicted molar refractivity (Wildman–Crippen MR) is 70.2 cm³/mol. The monoisotopic (exact) mass is 301 g/mol. The number of carboxylic acids is 2. The molecule has 0 saturated carbocycles. The Morgan fingerprint density at radius 2 is 2.05 bits per heavy atom. The number of nitrogens with zero attached hydrogens (tertiary/aromatic N) is 1. The Kier molecular flexibility index (Phi) is 5.65. The van der Waals surface area contributed by atoms with Gasteiger partial charge >= 0.3 is 11.9 Å². The minimum atomic E-state index is -1.19. The van der Waals surface area contributed by atoms with Crippen molar-refractivity contribution < 1.29 is 29.4 Å². The largest absolute Gasteiger partial charge is 0.480 e. The van der Waals surface area contributed by atoms with Gasteiger partial charge in [0.1, 0.15) is 18.6 Å². The van der Waals surface area contributed by atoms with E-state index in [2.05, 4.69) is 5.32 Å². The average Bonchev–Trinajstić information content (AvgIpc) is 2.63. The van der Waals surface area contributed by atoms with Gasteiger partial charge in [0.2, 0.25) is 11.8 Å². The highest BCUT2D eigenvalue weighted by molar-refractivity contribution is 5.91. The van der Waals surface area contributed by atoms with Crippen LogP contribution in [0.25, 0.3) is 0 Å². The summed E-state index contributed by atoms with van der Waals surface area (Å²) >= 11 is 0. The molecule has 0 aromatic rings. The van der Waals surface area contributed by atoms with Crippen molar-refractivity contribution in [2.45, 2.75) is 44.3 Å². The van der Waals surface area contributed by atoms with E-state index in [1.54, 1.807) is 6.92 Å². The van der Waals surface area contributed by atoms with E-state index in [9.17, 15) is 19.2 Å². The zero-order valence-corrected chi connectivity index (χ0v) is 11.6. The van der Waals surface area contributed by atoms with Crippen LogP contribution in [0, 0.1) is 0 Å². The summed E-state index contributed by atoms with van der Waals surface area (Å²) < 4.78 is 0. The molecule has 9 heteroatoms. The summed E-state index contributed by atoms with van der Waals surface area (Å²) in [6.07, 6.45) is 0.184. The van der Waals surface area contributed by atoms with E-state index < -0.39 is 42.4 Å². The van der Waals surface area contributed by atoms with Crippen molar-refractivity contribution in [3.63, 3.8) is 0 Å². The molecule has 0 bridgehead atoms. The summed E-state index contributed by atoms with van der Waals surface area (Å²) in [4.78, 5) is 46.0. The summed E-state index contributed by atoms with van der Waals surface area (Å²) in [6.45, 7) is 1.30. The molecule has 0 aromatic heterocycles. The third-order valence-electron chi connectivity index (χ3n) is 3.33. The van der Waals surface area contributed by atoms with Gasteiger partial charge in [0.05, 0.1) is 0 Å². The number of rotatable bonds is 7. The lowest BCUT2D eigenvalue weighted by Gasteiger charge is -2.18. The first-order valence-corrected chi connectivity index (χ1v) is 6.52. The lowest BCUT2D eigenvalue weighted by atomic mass is 10.1. The fourth-order valence-electron chi connectivity index (χ4n) is 2.16. The molecule has 1 aliphatic heterocycles. The van der Waals surface area contributed by atoms with Crippen LogP contribution in [0.4, 0.5) is 0 Å². The van der Waals surface area contributed by atoms with Gasteiger partial charge in [-0.2, -0.15) is 0 Å². The molecular formula is C12H19N3O6. The van der Waals surface area contributed by atoms with Gasteiger partial charge in [-0.15, -0.1) is 0 Å². The summed E-state index contributed by atoms with van der Waals surface area (Å²) in [7, 11) is 0. The minimum Gasteiger partial charge on any atom is -0.480 e. The van der Waals surface area contributed by atoms with Crippen molar-refractivity contribution in [1.82, 2.24) is 10.2 Å². The molecule has 2 amide bonds. The zero-order valence-electron chi connectivity index (χ0n) is 11.6. The van der Waals surface area contributed by atoms with E-state index in [4.69, 9.17) is 15.9 Å². The van der Waals surface area contributed by atoms with Gasteiger partial charge in [-0.25, -0.2) is 0 Å². The first-order valence-electron chi connectivity index (χ1n) is 6.52. The van der Waals surface area contributed by atoms with Crippen molar-refractivity contribution in [2.24, 2.45) is 5.73 Å². The van der Waals surface area contributed by atoms with Crippen molar-refractivity contribution in [3.8, 4) is 0 Å². The zero-order chi connectivity index (χ0) is 16.2. The molecule has 1 aliphatic rings. The lowest BCUT2D eigenvalue weighted by molar-refractivity contribution is -0.144. The van der Waals surface area contributed by atoms with Gasteiger partial charge in [-0.05, 0) is 19.8 Å². The maximum absolute atomic E-state index is 12.0. The molecule has 1 heterocycles. The van der Waals surface area contributed by atoms with E-state index in [1.165, 1.54) is 4.90 Å². The number of aliphatic carboxylic acids is 2. The van der Waals surface area contributed by atoms with Crippen LogP contribution >= 0.6 is 0 Å². The van der Waals surface area contributed by atoms with Gasteiger partial charge in [0, 0.05) is 12.5 Å². The number of hydrogen-bond donors (Lipinski definition) is 4. The molecule has 118 valence electrons. The molecule has 0 aromatic carbocycles. The maximum Gasteiger partial charge on any atom is 0.323 e. The highest BCUT2D eigenvalue weighted by Gasteiger charge is 2.38. The van der Waals surface area contributed by atoms with Crippen molar-refractivity contribution in [2.75, 3.05) is 6.54 Å². The number of hydrogen-bond acceptors (Lipinski definition) is 5. The van der Waals surface area contributed by atoms with Crippen molar-refractivity contribution >= 4 is 23.8 Å². The Labute approximate surface area is 121 Å². The molecule has 1 fully saturated rings. The first kappa shape index (κ1) is 16.9. The third kappa shape index (κ3) is 4.71. The number of likely N-dealkylation sites (tertiary alicyclic amines) is 1. The lowest BCUT2D eigenvalue weighted by Crippen LogP contribution is -2.43. The Morgan fingerprint density at radius 1 is 1.43 bits per heavy atom. The highest BCUT2D eigenvalue weighted by atomic mass is 16.4. The smallest absolute Gasteiger partial charge is 0.323 e. The van der Waals surface area contributed by atoms with E-state index in [1.807, 2.05) is 0 Å². The summed E-state index contributed by atoms with van der Waals surface area (Å²) in [5, 5.41) is 19.8. The van der Waals surface area contributed by atoms with Gasteiger partial charge in [0.15, 0.2) is 0 Å². The van der Waals surface area contributed by atoms with Crippen LogP contribution in [-0.4, -0.2) is 63.5 Å². The molecule has 9 nitrogen and oxygen atoms in total. The SMILES string of the molecule is CC1CC(NC(=O)CCC(N)C(=O)O)C(=O)N1CC(=O)O. The van der Waals surface area contributed by atoms with Crippen molar-refractivity contribution in [1.29, 1.82) is 0 Å². The second kappa shape index (κ2) is 7.02. The topological polar surface area (TPSA) is 150 Å². The summed E-state index contributed by atoms with van der Waals surface area (Å²) in [5.74, 6) is -3.23. The van der Waals surface area contributed by atoms with Crippen LogP contribution in [-0.2, 0) is 19.2 Å². The van der Waals surface area contributed by atoms with Crippen LogP contribution in [0.3, 0.4) is 0 Å². The number of nitrogens with one attached hydrogen (secondary N) is 1. The van der Waals surface area contributed by atoms with Gasteiger partial charge in [0.25, 0.3) is 0 Å². The molecule has 0 spiro atoms. The fourth-order valence-corrected chi connectivity index (χ4v) is 2.16. The Bertz CT molecular complexity index is 452. The van der Waals surface area contributed by atoms with Crippen molar-refractivity contribution in [3.05, 3.63) is 0 Å². The van der Waals surface area contributed by atoms with E-state index in [-0.39, 0.29) is 18.9 Å². The number of carbonyl (C=O) groups is 4. The Hall–Kier alpha value is -2.16. The molecule has 0 aliphatic carbocycles. The number of carbonyl (C=O) groups excluding carboxylic acids is 2. The maximum atomic E-state index is 12.0. The van der Waals surface area contributed by atoms with E-state index in [0.29, 0.717) is 6.42 Å². The molecule has 21 heavy (non-hydrogen) atoms. The molecule has 1 rings (SSSR count). The van der Waals surface area contributed by atoms with Crippen LogP contribution in [0.15, 0.2) is 0 Å².